The van der Waals surface area contributed by atoms with Gasteiger partial charge in [-0.3, -0.25) is 0 Å². The molecule has 0 bridgehead atoms. The maximum absolute atomic E-state index is 12.2. The molecule has 140 valence electrons. The minimum Gasteiger partial charge on any atom is -0.444 e. The molecule has 1 aliphatic rings. The van der Waals surface area contributed by atoms with E-state index in [1.165, 1.54) is 0 Å². The number of likely N-dealkylation sites (tertiary alicyclic amines) is 1. The predicted molar refractivity (Wildman–Crippen MR) is 97.9 cm³/mol. The summed E-state index contributed by atoms with van der Waals surface area (Å²) in [5, 5.41) is 8.95. The molecule has 1 heterocycles. The Bertz CT molecular complexity index is 290. The lowest BCUT2D eigenvalue weighted by atomic mass is 10.0. The molecular formula is C18H40N2O3. The van der Waals surface area contributed by atoms with Gasteiger partial charge in [0.05, 0.1) is 6.61 Å². The Kier molecular flexibility index (Phi) is 14.5. The number of rotatable bonds is 4. The first-order chi connectivity index (χ1) is 10.8. The summed E-state index contributed by atoms with van der Waals surface area (Å²) >= 11 is 0. The number of amides is 1. The second-order valence-corrected chi connectivity index (χ2v) is 6.31. The van der Waals surface area contributed by atoms with E-state index in [0.29, 0.717) is 6.54 Å². The van der Waals surface area contributed by atoms with Gasteiger partial charge >= 0.3 is 6.09 Å². The molecule has 1 unspecified atom stereocenters. The topological polar surface area (TPSA) is 53.0 Å². The summed E-state index contributed by atoms with van der Waals surface area (Å²) < 4.78 is 5.47. The van der Waals surface area contributed by atoms with Gasteiger partial charge < -0.3 is 19.6 Å². The molecule has 0 spiro atoms. The van der Waals surface area contributed by atoms with E-state index in [4.69, 9.17) is 9.84 Å². The minimum absolute atomic E-state index is 0.148. The highest BCUT2D eigenvalue weighted by Crippen LogP contribution is 2.20. The van der Waals surface area contributed by atoms with Crippen molar-refractivity contribution >= 4 is 6.09 Å². The number of likely N-dealkylation sites (N-methyl/N-ethyl adjacent to an activating group) is 1. The average molecular weight is 333 g/mol. The van der Waals surface area contributed by atoms with E-state index in [0.717, 1.165) is 32.4 Å². The van der Waals surface area contributed by atoms with E-state index in [1.54, 1.807) is 0 Å². The molecule has 1 atom stereocenters. The molecule has 1 rings (SSSR count). The van der Waals surface area contributed by atoms with Crippen LogP contribution in [0.4, 0.5) is 4.79 Å². The van der Waals surface area contributed by atoms with Gasteiger partial charge in [-0.15, -0.1) is 0 Å². The van der Waals surface area contributed by atoms with Gasteiger partial charge in [-0.2, -0.15) is 0 Å². The van der Waals surface area contributed by atoms with Gasteiger partial charge in [-0.25, -0.2) is 4.79 Å². The Morgan fingerprint density at radius 3 is 2.26 bits per heavy atom. The van der Waals surface area contributed by atoms with Crippen molar-refractivity contribution in [3.63, 3.8) is 0 Å². The lowest BCUT2D eigenvalue weighted by Gasteiger charge is -2.38. The van der Waals surface area contributed by atoms with Crippen molar-refractivity contribution in [2.75, 3.05) is 33.3 Å². The number of ether oxygens (including phenoxy) is 1. The molecule has 0 aromatic heterocycles. The summed E-state index contributed by atoms with van der Waals surface area (Å²) in [5.41, 5.74) is -0.448. The molecule has 1 aliphatic heterocycles. The van der Waals surface area contributed by atoms with E-state index >= 15 is 0 Å². The normalized spacial score (nSPS) is 17.7. The Morgan fingerprint density at radius 2 is 1.78 bits per heavy atom. The van der Waals surface area contributed by atoms with E-state index in [9.17, 15) is 4.79 Å². The van der Waals surface area contributed by atoms with Gasteiger partial charge in [0.15, 0.2) is 0 Å². The number of carbonyl (C=O) groups is 1. The molecule has 1 saturated heterocycles. The number of aliphatic hydroxyl groups is 1. The van der Waals surface area contributed by atoms with Crippen LogP contribution in [-0.4, -0.2) is 65.9 Å². The molecule has 0 aliphatic carbocycles. The monoisotopic (exact) mass is 332 g/mol. The molecule has 5 heteroatoms. The Balaban J connectivity index is 0. The average Bonchev–Trinajstić information content (AvgIpc) is 2.50. The number of hydrogen-bond acceptors (Lipinski definition) is 4. The minimum atomic E-state index is -0.448. The van der Waals surface area contributed by atoms with Crippen LogP contribution in [0.2, 0.25) is 0 Å². The molecule has 5 nitrogen and oxygen atoms in total. The molecule has 1 fully saturated rings. The fourth-order valence-corrected chi connectivity index (χ4v) is 2.37. The van der Waals surface area contributed by atoms with Crippen molar-refractivity contribution in [2.24, 2.45) is 0 Å². The highest BCUT2D eigenvalue weighted by Gasteiger charge is 2.30. The van der Waals surface area contributed by atoms with Crippen molar-refractivity contribution in [1.82, 2.24) is 9.80 Å². The Morgan fingerprint density at radius 1 is 1.22 bits per heavy atom. The Hall–Kier alpha value is -0.810. The van der Waals surface area contributed by atoms with E-state index in [2.05, 4.69) is 4.90 Å². The van der Waals surface area contributed by atoms with Crippen LogP contribution >= 0.6 is 0 Å². The third-order valence-electron chi connectivity index (χ3n) is 3.26. The van der Waals surface area contributed by atoms with Gasteiger partial charge in [-0.05, 0) is 47.1 Å². The molecule has 1 amide bonds. The largest absolute Gasteiger partial charge is 0.444 e. The summed E-state index contributed by atoms with van der Waals surface area (Å²) in [6.45, 7) is 16.0. The molecule has 1 N–H and O–H groups in total. The van der Waals surface area contributed by atoms with Gasteiger partial charge in [0.25, 0.3) is 0 Å². The van der Waals surface area contributed by atoms with E-state index < -0.39 is 5.60 Å². The second-order valence-electron chi connectivity index (χ2n) is 6.31. The lowest BCUT2D eigenvalue weighted by Crippen LogP contribution is -2.50. The van der Waals surface area contributed by atoms with Gasteiger partial charge in [0.2, 0.25) is 0 Å². The summed E-state index contributed by atoms with van der Waals surface area (Å²) in [4.78, 5) is 16.1. The van der Waals surface area contributed by atoms with Crippen LogP contribution in [0, 0.1) is 0 Å². The summed E-state index contributed by atoms with van der Waals surface area (Å²) in [6, 6.07) is 0.195. The van der Waals surface area contributed by atoms with Crippen molar-refractivity contribution in [1.29, 1.82) is 0 Å². The van der Waals surface area contributed by atoms with Crippen molar-refractivity contribution in [3.8, 4) is 0 Å². The number of carbonyl (C=O) groups excluding carboxylic acids is 1. The fourth-order valence-electron chi connectivity index (χ4n) is 2.37. The quantitative estimate of drug-likeness (QED) is 0.852. The zero-order chi connectivity index (χ0) is 18.5. The number of nitrogens with zero attached hydrogens (tertiary/aromatic N) is 2. The molecular weight excluding hydrogens is 292 g/mol. The SMILES string of the molecule is CC.CC.CN(CCO)CC1CCCCN1C(=O)OC(C)(C)C. The van der Waals surface area contributed by atoms with Crippen LogP contribution in [0.1, 0.15) is 67.7 Å². The molecule has 23 heavy (non-hydrogen) atoms. The molecule has 0 saturated carbocycles. The maximum atomic E-state index is 12.2. The van der Waals surface area contributed by atoms with Crippen LogP contribution < -0.4 is 0 Å². The molecule has 0 aromatic carbocycles. The van der Waals surface area contributed by atoms with Crippen LogP contribution in [0.15, 0.2) is 0 Å². The van der Waals surface area contributed by atoms with Gasteiger partial charge in [0, 0.05) is 25.7 Å². The Labute approximate surface area is 144 Å². The first-order valence-corrected chi connectivity index (χ1v) is 9.12. The predicted octanol–water partition coefficient (Wildman–Crippen LogP) is 3.75. The highest BCUT2D eigenvalue weighted by molar-refractivity contribution is 5.68. The van der Waals surface area contributed by atoms with E-state index in [-0.39, 0.29) is 18.7 Å². The summed E-state index contributed by atoms with van der Waals surface area (Å²) in [6.07, 6.45) is 2.99. The molecule has 0 radical (unpaired) electrons. The van der Waals surface area contributed by atoms with Crippen LogP contribution in [0.3, 0.4) is 0 Å². The smallest absolute Gasteiger partial charge is 0.410 e. The first kappa shape index (κ1) is 24.4. The standard InChI is InChI=1S/C14H28N2O3.2C2H6/c1-14(2,3)19-13(18)16-8-6-5-7-12(16)11-15(4)9-10-17;2*1-2/h12,17H,5-11H2,1-4H3;2*1-2H3. The second kappa shape index (κ2) is 13.6. The highest BCUT2D eigenvalue weighted by atomic mass is 16.6. The number of piperidine rings is 1. The van der Waals surface area contributed by atoms with Crippen molar-refractivity contribution in [2.45, 2.75) is 79.4 Å². The summed E-state index contributed by atoms with van der Waals surface area (Å²) in [7, 11) is 1.97. The number of hydrogen-bond donors (Lipinski definition) is 1. The third-order valence-corrected chi connectivity index (χ3v) is 3.26. The third kappa shape index (κ3) is 11.4. The summed E-state index contributed by atoms with van der Waals surface area (Å²) in [5.74, 6) is 0. The van der Waals surface area contributed by atoms with Crippen LogP contribution in [-0.2, 0) is 4.74 Å². The van der Waals surface area contributed by atoms with E-state index in [1.807, 2.05) is 60.4 Å². The van der Waals surface area contributed by atoms with Crippen LogP contribution in [0.5, 0.6) is 0 Å². The van der Waals surface area contributed by atoms with Crippen LogP contribution in [0.25, 0.3) is 0 Å². The van der Waals surface area contributed by atoms with Crippen molar-refractivity contribution < 1.29 is 14.6 Å². The lowest BCUT2D eigenvalue weighted by molar-refractivity contribution is 0.00571. The first-order valence-electron chi connectivity index (χ1n) is 9.12. The number of aliphatic hydroxyl groups excluding tert-OH is 1. The fraction of sp³-hybridized carbons (Fsp3) is 0.944. The maximum Gasteiger partial charge on any atom is 0.410 e. The van der Waals surface area contributed by atoms with Crippen molar-refractivity contribution in [3.05, 3.63) is 0 Å². The molecule has 0 aromatic rings. The zero-order valence-electron chi connectivity index (χ0n) is 16.7. The van der Waals surface area contributed by atoms with Gasteiger partial charge in [0.1, 0.15) is 5.60 Å². The zero-order valence-corrected chi connectivity index (χ0v) is 16.7. The van der Waals surface area contributed by atoms with Gasteiger partial charge in [-0.1, -0.05) is 27.7 Å².